The molecule has 2 heterocycles. The summed E-state index contributed by atoms with van der Waals surface area (Å²) in [5.74, 6) is 2.29. The second-order valence-electron chi connectivity index (χ2n) is 8.38. The number of nitrogens with zero attached hydrogens (tertiary/aromatic N) is 3. The first-order valence-corrected chi connectivity index (χ1v) is 11.3. The highest BCUT2D eigenvalue weighted by atomic mass is 16.5. The van der Waals surface area contributed by atoms with Crippen molar-refractivity contribution < 1.29 is 19.0 Å². The van der Waals surface area contributed by atoms with Gasteiger partial charge in [-0.15, -0.1) is 5.10 Å². The van der Waals surface area contributed by atoms with Crippen molar-refractivity contribution in [2.24, 2.45) is 0 Å². The summed E-state index contributed by atoms with van der Waals surface area (Å²) in [6, 6.07) is 13.3. The van der Waals surface area contributed by atoms with Crippen LogP contribution in [-0.4, -0.2) is 41.6 Å². The average molecular weight is 463 g/mol. The standard InChI is InChI=1S/C26H30N4O4/c1-7-34-25(31)22-16(4)27-26-28-24(19-12-13-20(32-5)21(14-19)33-6)29-30(26)23(22)18-10-8-17(9-11-18)15(2)3/h8-15,23H,7H2,1-6H3,(H,27,28,29). The molecule has 4 rings (SSSR count). The molecule has 0 saturated heterocycles. The number of benzene rings is 2. The van der Waals surface area contributed by atoms with Gasteiger partial charge in [0.15, 0.2) is 17.3 Å². The van der Waals surface area contributed by atoms with Gasteiger partial charge >= 0.3 is 5.97 Å². The summed E-state index contributed by atoms with van der Waals surface area (Å²) in [4.78, 5) is 17.7. The molecule has 3 aromatic rings. The normalized spacial score (nSPS) is 15.1. The molecule has 0 saturated carbocycles. The summed E-state index contributed by atoms with van der Waals surface area (Å²) in [7, 11) is 3.18. The SMILES string of the molecule is CCOC(=O)C1=C(C)Nc2nc(-c3ccc(OC)c(OC)c3)nn2C1c1ccc(C(C)C)cc1. The van der Waals surface area contributed by atoms with Crippen molar-refractivity contribution in [1.29, 1.82) is 0 Å². The van der Waals surface area contributed by atoms with Gasteiger partial charge in [0, 0.05) is 11.3 Å². The Bertz CT molecular complexity index is 1230. The molecule has 2 aromatic carbocycles. The largest absolute Gasteiger partial charge is 0.493 e. The highest BCUT2D eigenvalue weighted by molar-refractivity contribution is 5.92. The number of nitrogens with one attached hydrogen (secondary N) is 1. The maximum absolute atomic E-state index is 13.0. The van der Waals surface area contributed by atoms with Gasteiger partial charge in [0.1, 0.15) is 6.04 Å². The van der Waals surface area contributed by atoms with Crippen molar-refractivity contribution in [3.05, 3.63) is 64.9 Å². The molecule has 1 unspecified atom stereocenters. The molecule has 0 fully saturated rings. The highest BCUT2D eigenvalue weighted by Gasteiger charge is 2.35. The van der Waals surface area contributed by atoms with Crippen molar-refractivity contribution in [3.63, 3.8) is 0 Å². The number of esters is 1. The third-order valence-electron chi connectivity index (χ3n) is 5.91. The molecule has 1 aromatic heterocycles. The van der Waals surface area contributed by atoms with Gasteiger partial charge in [-0.1, -0.05) is 38.1 Å². The number of carbonyl (C=O) groups is 1. The van der Waals surface area contributed by atoms with Gasteiger partial charge in [-0.05, 0) is 49.1 Å². The van der Waals surface area contributed by atoms with E-state index in [-0.39, 0.29) is 12.6 Å². The van der Waals surface area contributed by atoms with Crippen LogP contribution in [0.1, 0.15) is 50.8 Å². The van der Waals surface area contributed by atoms with E-state index in [4.69, 9.17) is 24.3 Å². The lowest BCUT2D eigenvalue weighted by atomic mass is 9.93. The number of aromatic nitrogens is 3. The lowest BCUT2D eigenvalue weighted by Gasteiger charge is -2.28. The van der Waals surface area contributed by atoms with Crippen LogP contribution in [0.5, 0.6) is 11.5 Å². The number of hydrogen-bond acceptors (Lipinski definition) is 7. The van der Waals surface area contributed by atoms with Crippen LogP contribution in [-0.2, 0) is 9.53 Å². The van der Waals surface area contributed by atoms with E-state index in [1.54, 1.807) is 25.8 Å². The Kier molecular flexibility index (Phi) is 6.58. The Hall–Kier alpha value is -3.81. The Morgan fingerprint density at radius 3 is 2.41 bits per heavy atom. The third-order valence-corrected chi connectivity index (χ3v) is 5.91. The summed E-state index contributed by atoms with van der Waals surface area (Å²) in [5.41, 5.74) is 4.12. The predicted molar refractivity (Wildman–Crippen MR) is 130 cm³/mol. The molecule has 34 heavy (non-hydrogen) atoms. The lowest BCUT2D eigenvalue weighted by Crippen LogP contribution is -2.29. The fourth-order valence-corrected chi connectivity index (χ4v) is 4.09. The van der Waals surface area contributed by atoms with E-state index in [0.717, 1.165) is 11.1 Å². The minimum absolute atomic E-state index is 0.287. The maximum Gasteiger partial charge on any atom is 0.338 e. The summed E-state index contributed by atoms with van der Waals surface area (Å²) < 4.78 is 17.9. The number of fused-ring (bicyclic) bond motifs is 1. The van der Waals surface area contributed by atoms with Crippen LogP contribution in [0.25, 0.3) is 11.4 Å². The van der Waals surface area contributed by atoms with Crippen LogP contribution >= 0.6 is 0 Å². The average Bonchev–Trinajstić information content (AvgIpc) is 3.26. The maximum atomic E-state index is 13.0. The molecule has 1 N–H and O–H groups in total. The van der Waals surface area contributed by atoms with Crippen LogP contribution in [0.3, 0.4) is 0 Å². The second kappa shape index (κ2) is 9.59. The zero-order valence-electron chi connectivity index (χ0n) is 20.4. The molecular weight excluding hydrogens is 432 g/mol. The van der Waals surface area contributed by atoms with Crippen LogP contribution in [0.2, 0.25) is 0 Å². The third kappa shape index (κ3) is 4.23. The van der Waals surface area contributed by atoms with E-state index in [1.807, 2.05) is 37.3 Å². The Balaban J connectivity index is 1.83. The molecule has 8 heteroatoms. The Morgan fingerprint density at radius 1 is 1.09 bits per heavy atom. The lowest BCUT2D eigenvalue weighted by molar-refractivity contribution is -0.139. The number of hydrogen-bond donors (Lipinski definition) is 1. The van der Waals surface area contributed by atoms with Crippen molar-refractivity contribution in [3.8, 4) is 22.9 Å². The molecular formula is C26H30N4O4. The first-order valence-electron chi connectivity index (χ1n) is 11.3. The Morgan fingerprint density at radius 2 is 1.79 bits per heavy atom. The van der Waals surface area contributed by atoms with E-state index < -0.39 is 6.04 Å². The molecule has 178 valence electrons. The zero-order chi connectivity index (χ0) is 24.4. The first-order chi connectivity index (χ1) is 16.4. The molecule has 0 aliphatic carbocycles. The fourth-order valence-electron chi connectivity index (χ4n) is 4.09. The second-order valence-corrected chi connectivity index (χ2v) is 8.38. The van der Waals surface area contributed by atoms with Gasteiger partial charge in [0.25, 0.3) is 0 Å². The summed E-state index contributed by atoms with van der Waals surface area (Å²) in [6.45, 7) is 8.25. The van der Waals surface area contributed by atoms with Gasteiger partial charge in [0.05, 0.1) is 26.4 Å². The van der Waals surface area contributed by atoms with Crippen molar-refractivity contribution in [2.75, 3.05) is 26.1 Å². The van der Waals surface area contributed by atoms with Gasteiger partial charge in [-0.25, -0.2) is 9.48 Å². The summed E-state index contributed by atoms with van der Waals surface area (Å²) in [5, 5.41) is 8.03. The quantitative estimate of drug-likeness (QED) is 0.498. The predicted octanol–water partition coefficient (Wildman–Crippen LogP) is 4.94. The van der Waals surface area contributed by atoms with Crippen molar-refractivity contribution in [1.82, 2.24) is 14.8 Å². The van der Waals surface area contributed by atoms with Gasteiger partial charge in [-0.3, -0.25) is 0 Å². The number of allylic oxidation sites excluding steroid dienone is 1. The molecule has 1 atom stereocenters. The van der Waals surface area contributed by atoms with E-state index >= 15 is 0 Å². The van der Waals surface area contributed by atoms with E-state index in [1.165, 1.54) is 5.56 Å². The van der Waals surface area contributed by atoms with E-state index in [0.29, 0.717) is 40.5 Å². The monoisotopic (exact) mass is 462 g/mol. The molecule has 0 amide bonds. The minimum Gasteiger partial charge on any atom is -0.493 e. The zero-order valence-corrected chi connectivity index (χ0v) is 20.4. The van der Waals surface area contributed by atoms with Crippen molar-refractivity contribution >= 4 is 11.9 Å². The van der Waals surface area contributed by atoms with Gasteiger partial charge in [0.2, 0.25) is 5.95 Å². The Labute approximate surface area is 199 Å². The first kappa shape index (κ1) is 23.4. The fraction of sp³-hybridized carbons (Fsp3) is 0.346. The number of methoxy groups -OCH3 is 2. The molecule has 0 bridgehead atoms. The van der Waals surface area contributed by atoms with Crippen LogP contribution < -0.4 is 14.8 Å². The van der Waals surface area contributed by atoms with Crippen LogP contribution in [0, 0.1) is 0 Å². The van der Waals surface area contributed by atoms with Gasteiger partial charge < -0.3 is 19.5 Å². The highest BCUT2D eigenvalue weighted by Crippen LogP contribution is 2.38. The van der Waals surface area contributed by atoms with Crippen LogP contribution in [0.4, 0.5) is 5.95 Å². The van der Waals surface area contributed by atoms with Crippen molar-refractivity contribution in [2.45, 2.75) is 39.7 Å². The molecule has 8 nitrogen and oxygen atoms in total. The molecule has 0 radical (unpaired) electrons. The molecule has 1 aliphatic heterocycles. The summed E-state index contributed by atoms with van der Waals surface area (Å²) >= 11 is 0. The number of ether oxygens (including phenoxy) is 3. The van der Waals surface area contributed by atoms with E-state index in [9.17, 15) is 4.79 Å². The number of carbonyl (C=O) groups excluding carboxylic acids is 1. The van der Waals surface area contributed by atoms with Crippen LogP contribution in [0.15, 0.2) is 53.7 Å². The van der Waals surface area contributed by atoms with E-state index in [2.05, 4.69) is 31.3 Å². The minimum atomic E-state index is -0.474. The van der Waals surface area contributed by atoms with Gasteiger partial charge in [-0.2, -0.15) is 4.98 Å². The molecule has 1 aliphatic rings. The smallest absolute Gasteiger partial charge is 0.338 e. The number of rotatable bonds is 7. The molecule has 0 spiro atoms. The topological polar surface area (TPSA) is 87.5 Å². The summed E-state index contributed by atoms with van der Waals surface area (Å²) in [6.07, 6.45) is 0. The number of anilines is 1.